The van der Waals surface area contributed by atoms with E-state index in [0.29, 0.717) is 5.69 Å². The number of aromatic amines is 1. The first-order valence-corrected chi connectivity index (χ1v) is 9.19. The summed E-state index contributed by atoms with van der Waals surface area (Å²) in [5, 5.41) is 34.2. The number of nitrogens with one attached hydrogen (secondary N) is 4. The minimum Gasteiger partial charge on any atom is -0.480 e. The van der Waals surface area contributed by atoms with Gasteiger partial charge in [-0.05, 0) is 5.92 Å². The van der Waals surface area contributed by atoms with Crippen molar-refractivity contribution < 1.29 is 34.5 Å². The summed E-state index contributed by atoms with van der Waals surface area (Å²) in [5.74, 6) is -4.13. The maximum Gasteiger partial charge on any atom is 0.328 e. The molecule has 13 nitrogen and oxygen atoms in total. The lowest BCUT2D eigenvalue weighted by atomic mass is 10.0. The van der Waals surface area contributed by atoms with E-state index in [1.54, 1.807) is 13.8 Å². The van der Waals surface area contributed by atoms with Gasteiger partial charge >= 0.3 is 5.97 Å². The molecule has 9 N–H and O–H groups in total. The van der Waals surface area contributed by atoms with Crippen molar-refractivity contribution in [3.8, 4) is 0 Å². The van der Waals surface area contributed by atoms with E-state index < -0.39 is 61.1 Å². The summed E-state index contributed by atoms with van der Waals surface area (Å²) < 4.78 is 0. The van der Waals surface area contributed by atoms with E-state index in [-0.39, 0.29) is 12.3 Å². The topological polar surface area (TPSA) is 220 Å². The first kappa shape index (κ1) is 25.0. The lowest BCUT2D eigenvalue weighted by Gasteiger charge is -2.26. The summed E-state index contributed by atoms with van der Waals surface area (Å²) in [6, 6.07) is -5.07. The summed E-state index contributed by atoms with van der Waals surface area (Å²) in [6.07, 6.45) is 2.74. The third kappa shape index (κ3) is 7.42. The van der Waals surface area contributed by atoms with Gasteiger partial charge in [0.2, 0.25) is 17.7 Å². The monoisotopic (exact) mass is 428 g/mol. The van der Waals surface area contributed by atoms with E-state index in [0.717, 1.165) is 0 Å². The normalized spacial score (nSPS) is 15.0. The molecule has 1 aromatic rings. The van der Waals surface area contributed by atoms with Crippen molar-refractivity contribution in [3.63, 3.8) is 0 Å². The van der Waals surface area contributed by atoms with Crippen molar-refractivity contribution in [2.24, 2.45) is 11.7 Å². The fourth-order valence-corrected chi connectivity index (χ4v) is 2.42. The van der Waals surface area contributed by atoms with Gasteiger partial charge in [-0.2, -0.15) is 0 Å². The van der Waals surface area contributed by atoms with Crippen LogP contribution in [0.25, 0.3) is 0 Å². The van der Waals surface area contributed by atoms with E-state index in [9.17, 15) is 19.2 Å². The maximum atomic E-state index is 12.8. The van der Waals surface area contributed by atoms with Gasteiger partial charge in [-0.3, -0.25) is 14.4 Å². The number of imidazole rings is 1. The molecule has 0 saturated heterocycles. The van der Waals surface area contributed by atoms with Gasteiger partial charge in [0.15, 0.2) is 0 Å². The Morgan fingerprint density at radius 2 is 1.67 bits per heavy atom. The van der Waals surface area contributed by atoms with Crippen molar-refractivity contribution in [3.05, 3.63) is 18.2 Å². The Labute approximate surface area is 172 Å². The molecular weight excluding hydrogens is 400 g/mol. The highest BCUT2D eigenvalue weighted by atomic mass is 16.4. The Balaban J connectivity index is 2.99. The number of aliphatic hydroxyl groups is 2. The Bertz CT molecular complexity index is 724. The van der Waals surface area contributed by atoms with Crippen LogP contribution in [0.5, 0.6) is 0 Å². The van der Waals surface area contributed by atoms with E-state index in [4.69, 9.17) is 21.1 Å². The number of aromatic nitrogens is 2. The van der Waals surface area contributed by atoms with Gasteiger partial charge in [0.05, 0.1) is 19.5 Å². The Hall–Kier alpha value is -3.03. The van der Waals surface area contributed by atoms with Crippen molar-refractivity contribution in [2.75, 3.05) is 13.2 Å². The van der Waals surface area contributed by atoms with Gasteiger partial charge in [0, 0.05) is 18.3 Å². The second-order valence-electron chi connectivity index (χ2n) is 6.94. The maximum absolute atomic E-state index is 12.8. The minimum atomic E-state index is -1.55. The van der Waals surface area contributed by atoms with Crippen LogP contribution in [0.1, 0.15) is 19.5 Å². The third-order valence-electron chi connectivity index (χ3n) is 4.19. The van der Waals surface area contributed by atoms with Crippen LogP contribution in [0, 0.1) is 5.92 Å². The number of rotatable bonds is 12. The number of carbonyl (C=O) groups is 4. The number of nitrogens with two attached hydrogens (primary N) is 1. The molecule has 4 atom stereocenters. The lowest BCUT2D eigenvalue weighted by molar-refractivity contribution is -0.143. The van der Waals surface area contributed by atoms with Gasteiger partial charge < -0.3 is 42.0 Å². The number of H-pyrrole nitrogens is 1. The molecule has 0 aliphatic carbocycles. The van der Waals surface area contributed by atoms with Crippen LogP contribution < -0.4 is 21.7 Å². The number of carboxylic acids is 1. The fraction of sp³-hybridized carbons (Fsp3) is 0.588. The van der Waals surface area contributed by atoms with Crippen LogP contribution in [-0.2, 0) is 25.6 Å². The molecule has 0 spiro atoms. The first-order valence-electron chi connectivity index (χ1n) is 9.19. The first-order chi connectivity index (χ1) is 14.1. The summed E-state index contributed by atoms with van der Waals surface area (Å²) in [5.41, 5.74) is 5.94. The van der Waals surface area contributed by atoms with Gasteiger partial charge in [-0.15, -0.1) is 0 Å². The third-order valence-corrected chi connectivity index (χ3v) is 4.19. The number of carboxylic acid groups (broad SMARTS) is 1. The highest BCUT2D eigenvalue weighted by Gasteiger charge is 2.31. The van der Waals surface area contributed by atoms with Crippen LogP contribution in [0.3, 0.4) is 0 Å². The average Bonchev–Trinajstić information content (AvgIpc) is 3.20. The number of carbonyl (C=O) groups excluding carboxylic acids is 3. The average molecular weight is 428 g/mol. The number of hydrogen-bond donors (Lipinski definition) is 8. The highest BCUT2D eigenvalue weighted by molar-refractivity contribution is 5.94. The van der Waals surface area contributed by atoms with Gasteiger partial charge in [-0.25, -0.2) is 9.78 Å². The van der Waals surface area contributed by atoms with Gasteiger partial charge in [-0.1, -0.05) is 13.8 Å². The number of nitrogens with zero attached hydrogens (tertiary/aromatic N) is 1. The van der Waals surface area contributed by atoms with Crippen LogP contribution >= 0.6 is 0 Å². The predicted molar refractivity (Wildman–Crippen MR) is 103 cm³/mol. The van der Waals surface area contributed by atoms with E-state index >= 15 is 0 Å². The zero-order valence-electron chi connectivity index (χ0n) is 16.7. The molecule has 1 rings (SSSR count). The molecular formula is C17H28N6O7. The van der Waals surface area contributed by atoms with Gasteiger partial charge in [0.1, 0.15) is 24.2 Å². The van der Waals surface area contributed by atoms with Crippen LogP contribution in [0.2, 0.25) is 0 Å². The number of aliphatic hydroxyl groups excluding tert-OH is 2. The van der Waals surface area contributed by atoms with E-state index in [1.807, 2.05) is 0 Å². The zero-order chi connectivity index (χ0) is 22.8. The molecule has 0 bridgehead atoms. The molecule has 3 amide bonds. The quantitative estimate of drug-likeness (QED) is 0.165. The molecule has 0 fully saturated rings. The Morgan fingerprint density at radius 3 is 2.13 bits per heavy atom. The fourth-order valence-electron chi connectivity index (χ4n) is 2.42. The van der Waals surface area contributed by atoms with Crippen molar-refractivity contribution in [1.29, 1.82) is 0 Å². The number of aliphatic carboxylic acids is 1. The Kier molecular flexibility index (Phi) is 9.88. The summed E-state index contributed by atoms with van der Waals surface area (Å²) in [7, 11) is 0. The molecule has 168 valence electrons. The molecule has 30 heavy (non-hydrogen) atoms. The highest BCUT2D eigenvalue weighted by Crippen LogP contribution is 2.06. The van der Waals surface area contributed by atoms with Crippen molar-refractivity contribution in [1.82, 2.24) is 25.9 Å². The van der Waals surface area contributed by atoms with Crippen molar-refractivity contribution >= 4 is 23.7 Å². The standard InChI is InChI=1S/C17H28N6O7/c1-8(2)13(23-14(26)10(18)5-24)16(28)21-11(3-9-4-19-7-20-9)15(27)22-12(6-25)17(29)30/h4,7-8,10-13,24-25H,3,5-6,18H2,1-2H3,(H,19,20)(H,21,28)(H,22,27)(H,23,26)(H,29,30). The second-order valence-corrected chi connectivity index (χ2v) is 6.94. The van der Waals surface area contributed by atoms with Crippen LogP contribution in [-0.4, -0.2) is 86.4 Å². The minimum absolute atomic E-state index is 0.0513. The second kappa shape index (κ2) is 11.8. The summed E-state index contributed by atoms with van der Waals surface area (Å²) >= 11 is 0. The molecule has 1 heterocycles. The molecule has 0 aliphatic heterocycles. The number of amides is 3. The summed E-state index contributed by atoms with van der Waals surface area (Å²) in [6.45, 7) is 1.87. The molecule has 13 heteroatoms. The molecule has 0 aromatic carbocycles. The lowest BCUT2D eigenvalue weighted by Crippen LogP contribution is -2.59. The molecule has 1 aromatic heterocycles. The molecule has 0 aliphatic rings. The predicted octanol–water partition coefficient (Wildman–Crippen LogP) is -3.54. The Morgan fingerprint density at radius 1 is 1.03 bits per heavy atom. The van der Waals surface area contributed by atoms with E-state index in [2.05, 4.69) is 25.9 Å². The molecule has 0 radical (unpaired) electrons. The van der Waals surface area contributed by atoms with Crippen molar-refractivity contribution in [2.45, 2.75) is 44.4 Å². The largest absolute Gasteiger partial charge is 0.480 e. The zero-order valence-corrected chi connectivity index (χ0v) is 16.7. The van der Waals surface area contributed by atoms with Gasteiger partial charge in [0.25, 0.3) is 0 Å². The smallest absolute Gasteiger partial charge is 0.328 e. The van der Waals surface area contributed by atoms with Crippen LogP contribution in [0.15, 0.2) is 12.5 Å². The molecule has 0 saturated carbocycles. The van der Waals surface area contributed by atoms with Crippen LogP contribution in [0.4, 0.5) is 0 Å². The summed E-state index contributed by atoms with van der Waals surface area (Å²) in [4.78, 5) is 55.0. The van der Waals surface area contributed by atoms with E-state index in [1.165, 1.54) is 12.5 Å². The molecule has 4 unspecified atom stereocenters. The SMILES string of the molecule is CC(C)C(NC(=O)C(N)CO)C(=O)NC(Cc1cnc[nH]1)C(=O)NC(CO)C(=O)O. The number of hydrogen-bond acceptors (Lipinski definition) is 8.